The number of ketones is 1. The van der Waals surface area contributed by atoms with Gasteiger partial charge in [-0.1, -0.05) is 6.07 Å². The van der Waals surface area contributed by atoms with Crippen LogP contribution in [-0.2, 0) is 0 Å². The normalized spacial score (nSPS) is 16.9. The number of Topliss-reactive ketones (excluding diaryl/α,β-unsaturated/α-hetero) is 1. The van der Waals surface area contributed by atoms with E-state index in [-0.39, 0.29) is 19.2 Å². The predicted molar refractivity (Wildman–Crippen MR) is 83.4 cm³/mol. The van der Waals surface area contributed by atoms with Gasteiger partial charge in [-0.3, -0.25) is 4.79 Å². The number of benzene rings is 2. The fraction of sp³-hybridized carbons (Fsp3) is 0.167. The smallest absolute Gasteiger partial charge is 0.231 e. The molecule has 2 aliphatic rings. The lowest BCUT2D eigenvalue weighted by Crippen LogP contribution is -2.19. The number of rotatable bonds is 2. The lowest BCUT2D eigenvalue weighted by Gasteiger charge is -2.19. The second-order valence-corrected chi connectivity index (χ2v) is 5.26. The molecule has 0 aromatic heterocycles. The van der Waals surface area contributed by atoms with E-state index < -0.39 is 0 Å². The van der Waals surface area contributed by atoms with Gasteiger partial charge in [-0.2, -0.15) is 0 Å². The molecular weight excluding hydrogens is 296 g/mol. The van der Waals surface area contributed by atoms with Crippen molar-refractivity contribution in [1.82, 2.24) is 0 Å². The lowest BCUT2D eigenvalue weighted by molar-refractivity contribution is 0.100. The molecule has 0 spiro atoms. The summed E-state index contributed by atoms with van der Waals surface area (Å²) in [4.78, 5) is 12.6. The van der Waals surface area contributed by atoms with Gasteiger partial charge in [0.25, 0.3) is 0 Å². The molecule has 0 N–H and O–H groups in total. The average Bonchev–Trinajstić information content (AvgIpc) is 3.05. The Bertz CT molecular complexity index is 822. The Morgan fingerprint density at radius 3 is 2.74 bits per heavy atom. The van der Waals surface area contributed by atoms with Crippen LogP contribution < -0.4 is 18.9 Å². The lowest BCUT2D eigenvalue weighted by atomic mass is 9.98. The highest BCUT2D eigenvalue weighted by Crippen LogP contribution is 2.35. The summed E-state index contributed by atoms with van der Waals surface area (Å²) >= 11 is 0. The Labute approximate surface area is 133 Å². The molecule has 4 rings (SSSR count). The largest absolute Gasteiger partial charge is 0.497 e. The van der Waals surface area contributed by atoms with Gasteiger partial charge in [0.15, 0.2) is 17.3 Å². The number of methoxy groups -OCH3 is 1. The highest BCUT2D eigenvalue weighted by molar-refractivity contribution is 6.14. The van der Waals surface area contributed by atoms with Crippen LogP contribution in [0.25, 0.3) is 6.08 Å². The zero-order chi connectivity index (χ0) is 15.8. The van der Waals surface area contributed by atoms with Crippen LogP contribution in [0.2, 0.25) is 0 Å². The molecule has 0 saturated heterocycles. The van der Waals surface area contributed by atoms with Gasteiger partial charge < -0.3 is 18.9 Å². The van der Waals surface area contributed by atoms with E-state index in [1.165, 1.54) is 0 Å². The Balaban J connectivity index is 1.66. The fourth-order valence-electron chi connectivity index (χ4n) is 2.64. The first kappa shape index (κ1) is 13.7. The quantitative estimate of drug-likeness (QED) is 0.798. The Kier molecular flexibility index (Phi) is 3.19. The van der Waals surface area contributed by atoms with E-state index >= 15 is 0 Å². The maximum Gasteiger partial charge on any atom is 0.231 e. The number of fused-ring (bicyclic) bond motifs is 2. The first-order chi connectivity index (χ1) is 11.2. The summed E-state index contributed by atoms with van der Waals surface area (Å²) in [6, 6.07) is 10.8. The van der Waals surface area contributed by atoms with E-state index in [9.17, 15) is 4.79 Å². The molecule has 0 fully saturated rings. The van der Waals surface area contributed by atoms with Gasteiger partial charge in [0.2, 0.25) is 6.79 Å². The molecule has 0 saturated carbocycles. The molecule has 0 amide bonds. The summed E-state index contributed by atoms with van der Waals surface area (Å²) in [7, 11) is 1.58. The van der Waals surface area contributed by atoms with Crippen LogP contribution in [-0.4, -0.2) is 26.3 Å². The van der Waals surface area contributed by atoms with Gasteiger partial charge in [-0.15, -0.1) is 0 Å². The molecule has 23 heavy (non-hydrogen) atoms. The average molecular weight is 310 g/mol. The third-order valence-electron chi connectivity index (χ3n) is 3.85. The van der Waals surface area contributed by atoms with Crippen molar-refractivity contribution >= 4 is 11.9 Å². The topological polar surface area (TPSA) is 54.0 Å². The van der Waals surface area contributed by atoms with E-state index in [1.807, 2.05) is 24.3 Å². The minimum absolute atomic E-state index is 0.0356. The van der Waals surface area contributed by atoms with Gasteiger partial charge in [0, 0.05) is 11.6 Å². The third-order valence-corrected chi connectivity index (χ3v) is 3.85. The number of carbonyl (C=O) groups is 1. The van der Waals surface area contributed by atoms with E-state index in [2.05, 4.69) is 0 Å². The van der Waals surface area contributed by atoms with Crippen molar-refractivity contribution in [2.24, 2.45) is 0 Å². The van der Waals surface area contributed by atoms with Gasteiger partial charge in [0.05, 0.1) is 12.7 Å². The van der Waals surface area contributed by atoms with Crippen molar-refractivity contribution < 1.29 is 23.7 Å². The van der Waals surface area contributed by atoms with Gasteiger partial charge >= 0.3 is 0 Å². The summed E-state index contributed by atoms with van der Waals surface area (Å²) in [6.07, 6.45) is 1.82. The zero-order valence-corrected chi connectivity index (χ0v) is 12.5. The minimum atomic E-state index is -0.0356. The highest BCUT2D eigenvalue weighted by Gasteiger charge is 2.24. The molecule has 2 heterocycles. The molecule has 2 aliphatic heterocycles. The summed E-state index contributed by atoms with van der Waals surface area (Å²) in [5, 5.41) is 0. The van der Waals surface area contributed by atoms with Crippen molar-refractivity contribution in [2.75, 3.05) is 20.5 Å². The molecule has 5 heteroatoms. The predicted octanol–water partition coefficient (Wildman–Crippen LogP) is 3.08. The molecule has 0 bridgehead atoms. The molecule has 2 aromatic rings. The maximum absolute atomic E-state index is 12.6. The summed E-state index contributed by atoms with van der Waals surface area (Å²) < 4.78 is 21.5. The van der Waals surface area contributed by atoms with Crippen molar-refractivity contribution in [3.05, 3.63) is 53.1 Å². The standard InChI is InChI=1S/C18H14O5/c1-20-13-3-4-14-16(8-13)21-9-12(18(14)19)6-11-2-5-15-17(7-11)23-10-22-15/h2-8H,9-10H2,1H3/b12-6+. The molecule has 0 atom stereocenters. The summed E-state index contributed by atoms with van der Waals surface area (Å²) in [5.74, 6) is 2.59. The first-order valence-corrected chi connectivity index (χ1v) is 7.20. The maximum atomic E-state index is 12.6. The van der Waals surface area contributed by atoms with Crippen molar-refractivity contribution in [2.45, 2.75) is 0 Å². The fourth-order valence-corrected chi connectivity index (χ4v) is 2.64. The minimum Gasteiger partial charge on any atom is -0.497 e. The zero-order valence-electron chi connectivity index (χ0n) is 12.5. The molecule has 0 unspecified atom stereocenters. The highest BCUT2D eigenvalue weighted by atomic mass is 16.7. The summed E-state index contributed by atoms with van der Waals surface area (Å²) in [5.41, 5.74) is 2.02. The molecule has 0 radical (unpaired) electrons. The second kappa shape index (κ2) is 5.35. The Hall–Kier alpha value is -2.95. The van der Waals surface area contributed by atoms with Crippen molar-refractivity contribution in [3.63, 3.8) is 0 Å². The SMILES string of the molecule is COc1ccc2c(c1)OC/C(=C\c1ccc3c(c1)OCO3)C2=O. The molecule has 5 nitrogen and oxygen atoms in total. The molecule has 116 valence electrons. The number of carbonyl (C=O) groups excluding carboxylic acids is 1. The van der Waals surface area contributed by atoms with Gasteiger partial charge in [0.1, 0.15) is 18.1 Å². The molecule has 0 aliphatic carbocycles. The van der Waals surface area contributed by atoms with Crippen LogP contribution in [0.1, 0.15) is 15.9 Å². The first-order valence-electron chi connectivity index (χ1n) is 7.20. The second-order valence-electron chi connectivity index (χ2n) is 5.26. The van der Waals surface area contributed by atoms with Crippen LogP contribution >= 0.6 is 0 Å². The van der Waals surface area contributed by atoms with E-state index in [0.29, 0.717) is 28.4 Å². The summed E-state index contributed by atoms with van der Waals surface area (Å²) in [6.45, 7) is 0.458. The van der Waals surface area contributed by atoms with Gasteiger partial charge in [-0.05, 0) is 35.9 Å². The van der Waals surface area contributed by atoms with E-state index in [4.69, 9.17) is 18.9 Å². The van der Waals surface area contributed by atoms with Crippen LogP contribution in [0.15, 0.2) is 42.0 Å². The van der Waals surface area contributed by atoms with Crippen LogP contribution in [0.3, 0.4) is 0 Å². The van der Waals surface area contributed by atoms with Gasteiger partial charge in [-0.25, -0.2) is 0 Å². The Morgan fingerprint density at radius 2 is 1.87 bits per heavy atom. The monoisotopic (exact) mass is 310 g/mol. The number of ether oxygens (including phenoxy) is 4. The molecule has 2 aromatic carbocycles. The van der Waals surface area contributed by atoms with Crippen molar-refractivity contribution in [1.29, 1.82) is 0 Å². The number of hydrogen-bond acceptors (Lipinski definition) is 5. The Morgan fingerprint density at radius 1 is 1.00 bits per heavy atom. The van der Waals surface area contributed by atoms with Crippen LogP contribution in [0, 0.1) is 0 Å². The van der Waals surface area contributed by atoms with Crippen LogP contribution in [0.5, 0.6) is 23.0 Å². The van der Waals surface area contributed by atoms with Crippen LogP contribution in [0.4, 0.5) is 0 Å². The van der Waals surface area contributed by atoms with E-state index in [0.717, 1.165) is 11.3 Å². The number of hydrogen-bond donors (Lipinski definition) is 0. The van der Waals surface area contributed by atoms with E-state index in [1.54, 1.807) is 25.3 Å². The third kappa shape index (κ3) is 2.40. The molecular formula is C18H14O5. The van der Waals surface area contributed by atoms with Crippen molar-refractivity contribution in [3.8, 4) is 23.0 Å².